The van der Waals surface area contributed by atoms with Crippen LogP contribution in [0.1, 0.15) is 0 Å². The second-order valence-electron chi connectivity index (χ2n) is 3.92. The Labute approximate surface area is 91.7 Å². The van der Waals surface area contributed by atoms with Crippen molar-refractivity contribution in [3.63, 3.8) is 0 Å². The summed E-state index contributed by atoms with van der Waals surface area (Å²) in [7, 11) is 0. The van der Waals surface area contributed by atoms with E-state index in [0.29, 0.717) is 0 Å². The Hall–Kier alpha value is -0.840. The molecule has 0 aromatic heterocycles. The molecule has 0 aromatic carbocycles. The summed E-state index contributed by atoms with van der Waals surface area (Å²) < 4.78 is 0. The van der Waals surface area contributed by atoms with Crippen molar-refractivity contribution >= 4 is 0 Å². The van der Waals surface area contributed by atoms with Crippen molar-refractivity contribution in [1.29, 1.82) is 0 Å². The minimum absolute atomic E-state index is 0.647. The van der Waals surface area contributed by atoms with Crippen molar-refractivity contribution in [3.05, 3.63) is 0 Å². The van der Waals surface area contributed by atoms with Crippen molar-refractivity contribution < 1.29 is 20.4 Å². The second kappa shape index (κ2) is 4.20. The molecule has 9 heteroatoms. The fourth-order valence-electron chi connectivity index (χ4n) is 1.77. The van der Waals surface area contributed by atoms with E-state index in [1.54, 1.807) is 0 Å². The molecule has 9 N–H and O–H groups in total. The van der Waals surface area contributed by atoms with E-state index in [9.17, 15) is 20.4 Å². The molecule has 0 spiro atoms. The van der Waals surface area contributed by atoms with Crippen LogP contribution in [0.2, 0.25) is 0 Å². The number of rotatable bonds is 4. The largest absolute Gasteiger partial charge is 0.395 e. The number of aliphatic hydroxyl groups excluding tert-OH is 4. The second-order valence-corrected chi connectivity index (χ2v) is 3.92. The molecular weight excluding hydrogens is 218 g/mol. The van der Waals surface area contributed by atoms with Crippen molar-refractivity contribution in [3.8, 4) is 0 Å². The highest BCUT2D eigenvalue weighted by atomic mass is 16.3. The highest BCUT2D eigenvalue weighted by Gasteiger charge is 2.63. The normalized spacial score (nSPS) is 37.1. The third-order valence-electron chi connectivity index (χ3n) is 3.19. The van der Waals surface area contributed by atoms with E-state index < -0.39 is 43.2 Å². The fourth-order valence-corrected chi connectivity index (χ4v) is 1.77. The molecule has 2 atom stereocenters. The number of nitrogens with one attached hydrogen (secondary N) is 1. The van der Waals surface area contributed by atoms with Gasteiger partial charge in [0.1, 0.15) is 5.66 Å². The number of hydrogen-bond acceptors (Lipinski definition) is 9. The van der Waals surface area contributed by atoms with Crippen LogP contribution in [0.15, 0.2) is 10.3 Å². The summed E-state index contributed by atoms with van der Waals surface area (Å²) in [6, 6.07) is 0. The molecule has 0 saturated carbocycles. The van der Waals surface area contributed by atoms with Gasteiger partial charge in [-0.1, -0.05) is 5.22 Å². The monoisotopic (exact) mass is 235 g/mol. The molecule has 0 aliphatic carbocycles. The van der Waals surface area contributed by atoms with E-state index in [2.05, 4.69) is 15.8 Å². The lowest BCUT2D eigenvalue weighted by Crippen LogP contribution is -2.80. The van der Waals surface area contributed by atoms with Gasteiger partial charge in [-0.25, -0.2) is 0 Å². The third kappa shape index (κ3) is 1.41. The van der Waals surface area contributed by atoms with Crippen LogP contribution in [0.4, 0.5) is 0 Å². The predicted molar refractivity (Wildman–Crippen MR) is 52.6 cm³/mol. The summed E-state index contributed by atoms with van der Waals surface area (Å²) >= 11 is 0. The van der Waals surface area contributed by atoms with Gasteiger partial charge in [0, 0.05) is 0 Å². The van der Waals surface area contributed by atoms with Crippen molar-refractivity contribution in [2.24, 2.45) is 27.2 Å². The Kier molecular flexibility index (Phi) is 3.47. The van der Waals surface area contributed by atoms with E-state index in [4.69, 9.17) is 11.5 Å². The molecule has 0 radical (unpaired) electrons. The summed E-state index contributed by atoms with van der Waals surface area (Å²) in [6.45, 7) is -2.68. The van der Waals surface area contributed by atoms with Gasteiger partial charge in [0.05, 0.1) is 31.8 Å². The molecule has 0 amide bonds. The van der Waals surface area contributed by atoms with Crippen LogP contribution in [0, 0.1) is 5.41 Å². The third-order valence-corrected chi connectivity index (χ3v) is 3.19. The summed E-state index contributed by atoms with van der Waals surface area (Å²) in [6.07, 6.45) is 0. The van der Waals surface area contributed by atoms with Crippen LogP contribution >= 0.6 is 0 Å². The van der Waals surface area contributed by atoms with E-state index in [1.165, 1.54) is 0 Å². The highest BCUT2D eigenvalue weighted by Crippen LogP contribution is 2.40. The fraction of sp³-hybridized carbons (Fsp3) is 1.00. The van der Waals surface area contributed by atoms with Gasteiger partial charge < -0.3 is 31.9 Å². The van der Waals surface area contributed by atoms with Gasteiger partial charge in [0.2, 0.25) is 0 Å². The molecule has 0 aromatic rings. The maximum atomic E-state index is 9.39. The van der Waals surface area contributed by atoms with Gasteiger partial charge in [-0.05, 0) is 0 Å². The standard InChI is InChI=1S/C7H17N5O4/c8-6(3-15)5(1-13,2-14)7(9,4-16)11-12-10-6/h13-16H,1-4,8-9H2,(H,10,11). The lowest BCUT2D eigenvalue weighted by Gasteiger charge is -2.53. The number of nitrogens with two attached hydrogens (primary N) is 2. The Morgan fingerprint density at radius 2 is 1.50 bits per heavy atom. The molecule has 16 heavy (non-hydrogen) atoms. The summed E-state index contributed by atoms with van der Waals surface area (Å²) in [5.41, 5.74) is 8.77. The van der Waals surface area contributed by atoms with E-state index >= 15 is 0 Å². The topological polar surface area (TPSA) is 170 Å². The highest BCUT2D eigenvalue weighted by molar-refractivity contribution is 5.13. The van der Waals surface area contributed by atoms with Crippen LogP contribution in [0.3, 0.4) is 0 Å². The summed E-state index contributed by atoms with van der Waals surface area (Å²) in [5.74, 6) is 0. The molecule has 9 nitrogen and oxygen atoms in total. The van der Waals surface area contributed by atoms with Gasteiger partial charge in [0.25, 0.3) is 0 Å². The van der Waals surface area contributed by atoms with Crippen LogP contribution in [-0.2, 0) is 0 Å². The first kappa shape index (κ1) is 13.2. The Morgan fingerprint density at radius 1 is 0.938 bits per heavy atom. The molecule has 1 rings (SSSR count). The number of nitrogens with zero attached hydrogens (tertiary/aromatic N) is 2. The first-order chi connectivity index (χ1) is 7.45. The molecule has 1 heterocycles. The van der Waals surface area contributed by atoms with Gasteiger partial charge in [-0.2, -0.15) is 0 Å². The van der Waals surface area contributed by atoms with E-state index in [-0.39, 0.29) is 0 Å². The van der Waals surface area contributed by atoms with Crippen molar-refractivity contribution in [1.82, 2.24) is 5.43 Å². The molecule has 0 bridgehead atoms. The smallest absolute Gasteiger partial charge is 0.168 e. The number of aliphatic hydroxyl groups is 4. The zero-order valence-electron chi connectivity index (χ0n) is 8.67. The maximum Gasteiger partial charge on any atom is 0.168 e. The van der Waals surface area contributed by atoms with Crippen LogP contribution in [0.5, 0.6) is 0 Å². The van der Waals surface area contributed by atoms with Gasteiger partial charge >= 0.3 is 0 Å². The van der Waals surface area contributed by atoms with Gasteiger partial charge in [-0.3, -0.25) is 5.43 Å². The average molecular weight is 235 g/mol. The zero-order chi connectivity index (χ0) is 12.4. The van der Waals surface area contributed by atoms with Crippen LogP contribution < -0.4 is 16.9 Å². The molecule has 1 aliphatic rings. The molecule has 1 aliphatic heterocycles. The first-order valence-electron chi connectivity index (χ1n) is 4.65. The molecule has 0 fully saturated rings. The van der Waals surface area contributed by atoms with Crippen LogP contribution in [-0.4, -0.2) is 58.2 Å². The molecular formula is C7H17N5O4. The maximum absolute atomic E-state index is 9.39. The molecule has 94 valence electrons. The summed E-state index contributed by atoms with van der Waals surface area (Å²) in [4.78, 5) is 0. The van der Waals surface area contributed by atoms with Crippen molar-refractivity contribution in [2.75, 3.05) is 26.4 Å². The van der Waals surface area contributed by atoms with E-state index in [1.807, 2.05) is 0 Å². The average Bonchev–Trinajstić information content (AvgIpc) is 2.30. The number of hydrogen-bond donors (Lipinski definition) is 7. The minimum atomic E-state index is -1.76. The Bertz CT molecular complexity index is 284. The SMILES string of the molecule is NC1(CO)N=NNC(N)(CO)C1(CO)CO. The first-order valence-corrected chi connectivity index (χ1v) is 4.65. The lowest BCUT2D eigenvalue weighted by molar-refractivity contribution is -0.130. The van der Waals surface area contributed by atoms with E-state index in [0.717, 1.165) is 0 Å². The Balaban J connectivity index is 3.33. The predicted octanol–water partition coefficient (Wildman–Crippen LogP) is -3.78. The lowest BCUT2D eigenvalue weighted by atomic mass is 9.67. The summed E-state index contributed by atoms with van der Waals surface area (Å²) in [5, 5.41) is 44.2. The zero-order valence-corrected chi connectivity index (χ0v) is 8.67. The Morgan fingerprint density at radius 3 is 1.88 bits per heavy atom. The molecule has 2 unspecified atom stereocenters. The van der Waals surface area contributed by atoms with Crippen LogP contribution in [0.25, 0.3) is 0 Å². The van der Waals surface area contributed by atoms with Gasteiger partial charge in [-0.15, -0.1) is 5.11 Å². The van der Waals surface area contributed by atoms with Crippen molar-refractivity contribution in [2.45, 2.75) is 11.3 Å². The quantitative estimate of drug-likeness (QED) is 0.262. The minimum Gasteiger partial charge on any atom is -0.395 e. The molecule has 0 saturated heterocycles. The van der Waals surface area contributed by atoms with Gasteiger partial charge in [0.15, 0.2) is 5.66 Å².